The van der Waals surface area contributed by atoms with Crippen LogP contribution in [0, 0.1) is 6.92 Å². The molecule has 0 saturated carbocycles. The number of aromatic amines is 1. The molecule has 0 aliphatic carbocycles. The van der Waals surface area contributed by atoms with Gasteiger partial charge in [-0.05, 0) is 31.5 Å². The maximum atomic E-state index is 12.6. The van der Waals surface area contributed by atoms with Gasteiger partial charge < -0.3 is 24.9 Å². The van der Waals surface area contributed by atoms with Crippen LogP contribution in [0.3, 0.4) is 0 Å². The highest BCUT2D eigenvalue weighted by Crippen LogP contribution is 2.41. The molecular formula is C19H20N2O5. The highest BCUT2D eigenvalue weighted by atomic mass is 16.5. The minimum Gasteiger partial charge on any atom is -0.497 e. The standard InChI is InChI=1S/C19H20N2O5/c1-4-25-19(23)16-14(11-5-7-12(24-3)8-6-11)15-13(26-17(16)20)9-10(2)21-18(15)22/h5-9,14H,4,20H2,1-3H3,(H,21,22)/t14-/m1/s1. The third-order valence-corrected chi connectivity index (χ3v) is 4.18. The highest BCUT2D eigenvalue weighted by Gasteiger charge is 2.37. The first-order valence-electron chi connectivity index (χ1n) is 8.18. The van der Waals surface area contributed by atoms with Crippen molar-refractivity contribution < 1.29 is 19.0 Å². The largest absolute Gasteiger partial charge is 0.497 e. The Labute approximate surface area is 150 Å². The third-order valence-electron chi connectivity index (χ3n) is 4.18. The normalized spacial score (nSPS) is 15.9. The number of rotatable bonds is 4. The van der Waals surface area contributed by atoms with Crippen LogP contribution in [0.5, 0.6) is 11.5 Å². The summed E-state index contributed by atoms with van der Waals surface area (Å²) in [5.41, 5.74) is 7.46. The number of aryl methyl sites for hydroxylation is 1. The molecule has 136 valence electrons. The number of benzene rings is 1. The molecule has 1 aliphatic rings. The van der Waals surface area contributed by atoms with Crippen molar-refractivity contribution in [2.24, 2.45) is 5.73 Å². The van der Waals surface area contributed by atoms with Crippen molar-refractivity contribution in [3.05, 3.63) is 69.0 Å². The number of carbonyl (C=O) groups excluding carboxylic acids is 1. The van der Waals surface area contributed by atoms with Crippen LogP contribution in [-0.2, 0) is 9.53 Å². The van der Waals surface area contributed by atoms with Crippen molar-refractivity contribution in [3.8, 4) is 11.5 Å². The number of hydrogen-bond acceptors (Lipinski definition) is 6. The van der Waals surface area contributed by atoms with Gasteiger partial charge in [0.2, 0.25) is 5.88 Å². The molecule has 0 spiro atoms. The van der Waals surface area contributed by atoms with Crippen LogP contribution in [0.15, 0.2) is 46.6 Å². The predicted octanol–water partition coefficient (Wildman–Crippen LogP) is 1.95. The van der Waals surface area contributed by atoms with Crippen LogP contribution in [0.4, 0.5) is 0 Å². The van der Waals surface area contributed by atoms with Crippen molar-refractivity contribution >= 4 is 5.97 Å². The zero-order chi connectivity index (χ0) is 18.8. The van der Waals surface area contributed by atoms with Gasteiger partial charge in [-0.25, -0.2) is 4.79 Å². The van der Waals surface area contributed by atoms with Gasteiger partial charge in [0.15, 0.2) is 0 Å². The molecule has 2 aromatic rings. The SMILES string of the molecule is CCOC(=O)C1=C(N)Oc2cc(C)[nH]c(=O)c2[C@H]1c1ccc(OC)cc1. The van der Waals surface area contributed by atoms with Crippen molar-refractivity contribution in [1.29, 1.82) is 0 Å². The van der Waals surface area contributed by atoms with E-state index >= 15 is 0 Å². The first kappa shape index (κ1) is 17.6. The molecule has 1 atom stereocenters. The second kappa shape index (κ2) is 6.95. The average Bonchev–Trinajstić information content (AvgIpc) is 2.60. The molecule has 1 aromatic carbocycles. The van der Waals surface area contributed by atoms with Crippen LogP contribution in [0.1, 0.15) is 29.7 Å². The number of methoxy groups -OCH3 is 1. The van der Waals surface area contributed by atoms with Crippen LogP contribution >= 0.6 is 0 Å². The zero-order valence-electron chi connectivity index (χ0n) is 14.8. The highest BCUT2D eigenvalue weighted by molar-refractivity contribution is 5.92. The number of pyridine rings is 1. The summed E-state index contributed by atoms with van der Waals surface area (Å²) in [7, 11) is 1.56. The topological polar surface area (TPSA) is 104 Å². The second-order valence-electron chi connectivity index (χ2n) is 5.87. The molecule has 26 heavy (non-hydrogen) atoms. The lowest BCUT2D eigenvalue weighted by Crippen LogP contribution is -2.32. The van der Waals surface area contributed by atoms with E-state index in [4.69, 9.17) is 19.9 Å². The number of carbonyl (C=O) groups is 1. The van der Waals surface area contributed by atoms with Gasteiger partial charge in [-0.15, -0.1) is 0 Å². The van der Waals surface area contributed by atoms with E-state index in [-0.39, 0.29) is 23.6 Å². The van der Waals surface area contributed by atoms with E-state index in [1.165, 1.54) is 0 Å². The molecular weight excluding hydrogens is 336 g/mol. The van der Waals surface area contributed by atoms with Gasteiger partial charge in [-0.3, -0.25) is 4.79 Å². The summed E-state index contributed by atoms with van der Waals surface area (Å²) in [6.07, 6.45) is 0. The fourth-order valence-corrected chi connectivity index (χ4v) is 3.04. The molecule has 2 heterocycles. The minimum atomic E-state index is -0.701. The number of esters is 1. The molecule has 1 aliphatic heterocycles. The lowest BCUT2D eigenvalue weighted by molar-refractivity contribution is -0.139. The zero-order valence-corrected chi connectivity index (χ0v) is 14.8. The summed E-state index contributed by atoms with van der Waals surface area (Å²) < 4.78 is 15.9. The maximum Gasteiger partial charge on any atom is 0.340 e. The molecule has 0 fully saturated rings. The summed E-state index contributed by atoms with van der Waals surface area (Å²) in [6.45, 7) is 3.63. The summed E-state index contributed by atoms with van der Waals surface area (Å²) in [6, 6.07) is 8.76. The molecule has 0 amide bonds. The van der Waals surface area contributed by atoms with Crippen molar-refractivity contribution in [1.82, 2.24) is 4.98 Å². The van der Waals surface area contributed by atoms with E-state index in [1.807, 2.05) is 0 Å². The van der Waals surface area contributed by atoms with E-state index in [0.29, 0.717) is 28.3 Å². The fourth-order valence-electron chi connectivity index (χ4n) is 3.04. The lowest BCUT2D eigenvalue weighted by Gasteiger charge is -2.27. The predicted molar refractivity (Wildman–Crippen MR) is 95.1 cm³/mol. The number of ether oxygens (including phenoxy) is 3. The Morgan fingerprint density at radius 3 is 2.62 bits per heavy atom. The number of hydrogen-bond donors (Lipinski definition) is 2. The Morgan fingerprint density at radius 1 is 1.31 bits per heavy atom. The number of fused-ring (bicyclic) bond motifs is 1. The third kappa shape index (κ3) is 3.03. The van der Waals surface area contributed by atoms with Gasteiger partial charge in [0, 0.05) is 11.8 Å². The first-order chi connectivity index (χ1) is 12.5. The quantitative estimate of drug-likeness (QED) is 0.812. The van der Waals surface area contributed by atoms with Gasteiger partial charge in [0.25, 0.3) is 5.56 Å². The van der Waals surface area contributed by atoms with Crippen LogP contribution < -0.4 is 20.8 Å². The fraction of sp³-hybridized carbons (Fsp3) is 0.263. The monoisotopic (exact) mass is 356 g/mol. The van der Waals surface area contributed by atoms with Gasteiger partial charge in [0.1, 0.15) is 17.1 Å². The Hall–Kier alpha value is -3.22. The first-order valence-corrected chi connectivity index (χ1v) is 8.18. The van der Waals surface area contributed by atoms with Crippen LogP contribution in [0.25, 0.3) is 0 Å². The van der Waals surface area contributed by atoms with E-state index in [9.17, 15) is 9.59 Å². The molecule has 0 saturated heterocycles. The number of aromatic nitrogens is 1. The van der Waals surface area contributed by atoms with Gasteiger partial charge >= 0.3 is 5.97 Å². The minimum absolute atomic E-state index is 0.0678. The second-order valence-corrected chi connectivity index (χ2v) is 5.87. The lowest BCUT2D eigenvalue weighted by atomic mass is 9.83. The number of nitrogens with two attached hydrogens (primary N) is 1. The number of nitrogens with one attached hydrogen (secondary N) is 1. The molecule has 3 N–H and O–H groups in total. The van der Waals surface area contributed by atoms with Crippen molar-refractivity contribution in [2.75, 3.05) is 13.7 Å². The molecule has 0 bridgehead atoms. The molecule has 1 aromatic heterocycles. The number of H-pyrrole nitrogens is 1. The maximum absolute atomic E-state index is 12.6. The van der Waals surface area contributed by atoms with E-state index in [2.05, 4.69) is 4.98 Å². The summed E-state index contributed by atoms with van der Waals surface area (Å²) >= 11 is 0. The summed E-state index contributed by atoms with van der Waals surface area (Å²) in [5.74, 6) is -0.391. The molecule has 0 unspecified atom stereocenters. The molecule has 0 radical (unpaired) electrons. The van der Waals surface area contributed by atoms with Crippen molar-refractivity contribution in [3.63, 3.8) is 0 Å². The van der Waals surface area contributed by atoms with Crippen molar-refractivity contribution in [2.45, 2.75) is 19.8 Å². The molecule has 7 nitrogen and oxygen atoms in total. The summed E-state index contributed by atoms with van der Waals surface area (Å²) in [4.78, 5) is 27.9. The van der Waals surface area contributed by atoms with E-state index in [1.54, 1.807) is 51.3 Å². The van der Waals surface area contributed by atoms with Gasteiger partial charge in [-0.2, -0.15) is 0 Å². The summed E-state index contributed by atoms with van der Waals surface area (Å²) in [5, 5.41) is 0. The van der Waals surface area contributed by atoms with Gasteiger partial charge in [0.05, 0.1) is 25.2 Å². The van der Waals surface area contributed by atoms with Crippen LogP contribution in [-0.4, -0.2) is 24.7 Å². The Balaban J connectivity index is 2.23. The van der Waals surface area contributed by atoms with E-state index in [0.717, 1.165) is 0 Å². The Kier molecular flexibility index (Phi) is 4.71. The molecule has 3 rings (SSSR count). The Morgan fingerprint density at radius 2 is 2.00 bits per heavy atom. The van der Waals surface area contributed by atoms with Crippen LogP contribution in [0.2, 0.25) is 0 Å². The molecule has 7 heteroatoms. The van der Waals surface area contributed by atoms with E-state index < -0.39 is 11.9 Å². The Bertz CT molecular complexity index is 928. The van der Waals surface area contributed by atoms with Gasteiger partial charge in [-0.1, -0.05) is 12.1 Å². The smallest absolute Gasteiger partial charge is 0.340 e. The average molecular weight is 356 g/mol.